The number of carboxylic acid groups (broad SMARTS) is 1. The van der Waals surface area contributed by atoms with Gasteiger partial charge < -0.3 is 9.84 Å². The van der Waals surface area contributed by atoms with Gasteiger partial charge in [-0.2, -0.15) is 0 Å². The van der Waals surface area contributed by atoms with E-state index in [1.54, 1.807) is 0 Å². The average molecular weight is 291 g/mol. The van der Waals surface area contributed by atoms with E-state index < -0.39 is 21.8 Å². The lowest BCUT2D eigenvalue weighted by Gasteiger charge is -2.43. The lowest BCUT2D eigenvalue weighted by Crippen LogP contribution is -2.55. The lowest BCUT2D eigenvalue weighted by molar-refractivity contribution is -0.138. The van der Waals surface area contributed by atoms with Crippen LogP contribution >= 0.6 is 0 Å². The van der Waals surface area contributed by atoms with Crippen molar-refractivity contribution in [3.05, 3.63) is 0 Å². The largest absolute Gasteiger partial charge is 0.481 e. The summed E-state index contributed by atoms with van der Waals surface area (Å²) in [6, 6.07) is -0.157. The average Bonchev–Trinajstić information content (AvgIpc) is 2.27. The summed E-state index contributed by atoms with van der Waals surface area (Å²) in [6.07, 6.45) is 1.74. The van der Waals surface area contributed by atoms with E-state index in [1.807, 2.05) is 6.92 Å². The van der Waals surface area contributed by atoms with Gasteiger partial charge in [0.1, 0.15) is 0 Å². The van der Waals surface area contributed by atoms with Crippen LogP contribution in [0.1, 0.15) is 26.2 Å². The second-order valence-electron chi connectivity index (χ2n) is 5.46. The minimum atomic E-state index is -3.10. The van der Waals surface area contributed by atoms with Crippen molar-refractivity contribution >= 4 is 15.8 Å². The highest BCUT2D eigenvalue weighted by atomic mass is 32.2. The van der Waals surface area contributed by atoms with E-state index in [0.29, 0.717) is 13.2 Å². The van der Waals surface area contributed by atoms with E-state index >= 15 is 0 Å². The molecule has 0 aromatic carbocycles. The Bertz CT molecular complexity index is 435. The molecule has 6 nitrogen and oxygen atoms in total. The van der Waals surface area contributed by atoms with E-state index in [4.69, 9.17) is 9.84 Å². The van der Waals surface area contributed by atoms with Crippen molar-refractivity contribution in [1.82, 2.24) is 4.90 Å². The van der Waals surface area contributed by atoms with Crippen LogP contribution in [-0.2, 0) is 19.4 Å². The summed E-state index contributed by atoms with van der Waals surface area (Å²) in [4.78, 5) is 13.0. The number of hydrogen-bond acceptors (Lipinski definition) is 5. The smallest absolute Gasteiger partial charge is 0.304 e. The zero-order valence-corrected chi connectivity index (χ0v) is 11.9. The molecule has 0 amide bonds. The molecule has 2 aliphatic rings. The van der Waals surface area contributed by atoms with Crippen LogP contribution in [-0.4, -0.2) is 67.2 Å². The van der Waals surface area contributed by atoms with Gasteiger partial charge in [0, 0.05) is 25.2 Å². The van der Waals surface area contributed by atoms with Crippen LogP contribution in [0.5, 0.6) is 0 Å². The van der Waals surface area contributed by atoms with Gasteiger partial charge in [-0.15, -0.1) is 0 Å². The molecular formula is C12H21NO5S. The van der Waals surface area contributed by atoms with Crippen LogP contribution in [0.4, 0.5) is 0 Å². The Kier molecular flexibility index (Phi) is 4.47. The normalized spacial score (nSPS) is 35.9. The van der Waals surface area contributed by atoms with E-state index in [1.165, 1.54) is 0 Å². The van der Waals surface area contributed by atoms with Crippen molar-refractivity contribution in [3.8, 4) is 0 Å². The molecular weight excluding hydrogens is 270 g/mol. The molecule has 0 radical (unpaired) electrons. The number of hydrogen-bond donors (Lipinski definition) is 1. The van der Waals surface area contributed by atoms with Crippen LogP contribution in [0.15, 0.2) is 0 Å². The molecule has 0 aromatic rings. The number of carboxylic acids is 1. The van der Waals surface area contributed by atoms with E-state index in [9.17, 15) is 13.2 Å². The van der Waals surface area contributed by atoms with Gasteiger partial charge in [0.05, 0.1) is 24.0 Å². The summed E-state index contributed by atoms with van der Waals surface area (Å²) in [5.41, 5.74) is 0. The molecule has 0 bridgehead atoms. The Morgan fingerprint density at radius 3 is 2.84 bits per heavy atom. The van der Waals surface area contributed by atoms with Gasteiger partial charge in [0.2, 0.25) is 0 Å². The first-order valence-electron chi connectivity index (χ1n) is 6.67. The highest BCUT2D eigenvalue weighted by molar-refractivity contribution is 7.91. The molecule has 0 aliphatic carbocycles. The quantitative estimate of drug-likeness (QED) is 0.795. The fourth-order valence-corrected chi connectivity index (χ4v) is 4.58. The van der Waals surface area contributed by atoms with Crippen molar-refractivity contribution < 1.29 is 23.1 Å². The SMILES string of the molecule is CC1CC(N2CCS(=O)(=O)CC2CC(=O)O)CCO1. The van der Waals surface area contributed by atoms with E-state index in [-0.39, 0.29) is 30.1 Å². The lowest BCUT2D eigenvalue weighted by atomic mass is 10.00. The van der Waals surface area contributed by atoms with Crippen LogP contribution in [0, 0.1) is 0 Å². The summed E-state index contributed by atoms with van der Waals surface area (Å²) in [5, 5.41) is 8.96. The molecule has 7 heteroatoms. The Morgan fingerprint density at radius 2 is 2.21 bits per heavy atom. The third-order valence-corrected chi connectivity index (χ3v) is 5.61. The summed E-state index contributed by atoms with van der Waals surface area (Å²) in [5.74, 6) is -0.841. The predicted octanol–water partition coefficient (Wildman–Crippen LogP) is 0.128. The Hall–Kier alpha value is -0.660. The number of ether oxygens (including phenoxy) is 1. The minimum absolute atomic E-state index is 0.0367. The second-order valence-corrected chi connectivity index (χ2v) is 7.69. The zero-order chi connectivity index (χ0) is 14.0. The van der Waals surface area contributed by atoms with Crippen LogP contribution < -0.4 is 0 Å². The molecule has 110 valence electrons. The van der Waals surface area contributed by atoms with Crippen molar-refractivity contribution in [1.29, 1.82) is 0 Å². The number of rotatable bonds is 3. The molecule has 2 rings (SSSR count). The van der Waals surface area contributed by atoms with Gasteiger partial charge in [-0.1, -0.05) is 0 Å². The first-order chi connectivity index (χ1) is 8.87. The Balaban J connectivity index is 2.09. The number of sulfone groups is 1. The minimum Gasteiger partial charge on any atom is -0.481 e. The summed E-state index contributed by atoms with van der Waals surface area (Å²) >= 11 is 0. The number of aliphatic carboxylic acids is 1. The second kappa shape index (κ2) is 5.76. The van der Waals surface area contributed by atoms with E-state index in [2.05, 4.69) is 4.90 Å². The Morgan fingerprint density at radius 1 is 1.47 bits per heavy atom. The van der Waals surface area contributed by atoms with Gasteiger partial charge in [-0.05, 0) is 19.8 Å². The van der Waals surface area contributed by atoms with E-state index in [0.717, 1.165) is 12.8 Å². The molecule has 0 saturated carbocycles. The maximum Gasteiger partial charge on any atom is 0.304 e. The van der Waals surface area contributed by atoms with Crippen molar-refractivity contribution in [2.45, 2.75) is 44.4 Å². The molecule has 0 spiro atoms. The number of carbonyl (C=O) groups is 1. The highest BCUT2D eigenvalue weighted by Crippen LogP contribution is 2.25. The van der Waals surface area contributed by atoms with Gasteiger partial charge in [-0.3, -0.25) is 9.69 Å². The van der Waals surface area contributed by atoms with Crippen LogP contribution in [0.25, 0.3) is 0 Å². The van der Waals surface area contributed by atoms with Crippen LogP contribution in [0.3, 0.4) is 0 Å². The zero-order valence-electron chi connectivity index (χ0n) is 11.1. The molecule has 2 fully saturated rings. The topological polar surface area (TPSA) is 83.9 Å². The highest BCUT2D eigenvalue weighted by Gasteiger charge is 2.37. The van der Waals surface area contributed by atoms with Gasteiger partial charge >= 0.3 is 5.97 Å². The van der Waals surface area contributed by atoms with Crippen molar-refractivity contribution in [2.24, 2.45) is 0 Å². The van der Waals surface area contributed by atoms with Gasteiger partial charge in [0.15, 0.2) is 9.84 Å². The van der Waals surface area contributed by atoms with Crippen molar-refractivity contribution in [2.75, 3.05) is 24.7 Å². The van der Waals surface area contributed by atoms with Crippen molar-refractivity contribution in [3.63, 3.8) is 0 Å². The van der Waals surface area contributed by atoms with Gasteiger partial charge in [0.25, 0.3) is 0 Å². The molecule has 3 atom stereocenters. The Labute approximate surface area is 113 Å². The number of nitrogens with zero attached hydrogens (tertiary/aromatic N) is 1. The summed E-state index contributed by atoms with van der Waals surface area (Å²) in [6.45, 7) is 3.10. The first-order valence-corrected chi connectivity index (χ1v) is 8.49. The van der Waals surface area contributed by atoms with Gasteiger partial charge in [-0.25, -0.2) is 8.42 Å². The third kappa shape index (κ3) is 3.90. The fourth-order valence-electron chi connectivity index (χ4n) is 3.03. The predicted molar refractivity (Wildman–Crippen MR) is 69.8 cm³/mol. The third-order valence-electron chi connectivity index (χ3n) is 3.91. The first kappa shape index (κ1) is 14.7. The maximum absolute atomic E-state index is 11.7. The van der Waals surface area contributed by atoms with Crippen LogP contribution in [0.2, 0.25) is 0 Å². The monoisotopic (exact) mass is 291 g/mol. The maximum atomic E-state index is 11.7. The molecule has 2 heterocycles. The summed E-state index contributed by atoms with van der Waals surface area (Å²) < 4.78 is 28.9. The molecule has 2 saturated heterocycles. The fraction of sp³-hybridized carbons (Fsp3) is 0.917. The molecule has 3 unspecified atom stereocenters. The molecule has 2 aliphatic heterocycles. The molecule has 1 N–H and O–H groups in total. The summed E-state index contributed by atoms with van der Waals surface area (Å²) in [7, 11) is -3.10. The molecule has 0 aromatic heterocycles. The standard InChI is InChI=1S/C12H21NO5S/c1-9-6-10(2-4-18-9)13-3-5-19(16,17)8-11(13)7-12(14)15/h9-11H,2-8H2,1H3,(H,14,15). The molecule has 19 heavy (non-hydrogen) atoms.